The molecule has 0 amide bonds. The Kier molecular flexibility index (Phi) is 2.83. The third-order valence-corrected chi connectivity index (χ3v) is 3.50. The van der Waals surface area contributed by atoms with Gasteiger partial charge < -0.3 is 14.4 Å². The zero-order valence-electron chi connectivity index (χ0n) is 10.4. The minimum Gasteiger partial charge on any atom is -0.347 e. The molecule has 2 aliphatic heterocycles. The average Bonchev–Trinajstić information content (AvgIpc) is 2.77. The number of nitrogens with zero attached hydrogens (tertiary/aromatic N) is 2. The third-order valence-electron chi connectivity index (χ3n) is 3.50. The van der Waals surface area contributed by atoms with Gasteiger partial charge >= 0.3 is 0 Å². The molecule has 0 aromatic carbocycles. The van der Waals surface area contributed by atoms with Gasteiger partial charge in [0, 0.05) is 37.7 Å². The first kappa shape index (κ1) is 11.7. The smallest absolute Gasteiger partial charge is 0.252 e. The summed E-state index contributed by atoms with van der Waals surface area (Å²) in [7, 11) is 0. The maximum absolute atomic E-state index is 11.4. The first-order valence-corrected chi connectivity index (χ1v) is 6.28. The van der Waals surface area contributed by atoms with Crippen LogP contribution in [0.1, 0.15) is 18.5 Å². The second-order valence-electron chi connectivity index (χ2n) is 4.81. The number of piperidine rings is 1. The van der Waals surface area contributed by atoms with Crippen molar-refractivity contribution in [2.45, 2.75) is 25.6 Å². The predicted octanol–water partition coefficient (Wildman–Crippen LogP) is 0.422. The number of H-pyrrole nitrogens is 1. The van der Waals surface area contributed by atoms with Gasteiger partial charge in [0.15, 0.2) is 5.79 Å². The van der Waals surface area contributed by atoms with Crippen LogP contribution in [0.2, 0.25) is 0 Å². The van der Waals surface area contributed by atoms with Gasteiger partial charge in [-0.3, -0.25) is 9.78 Å². The van der Waals surface area contributed by atoms with Crippen molar-refractivity contribution in [1.29, 1.82) is 0 Å². The van der Waals surface area contributed by atoms with E-state index in [9.17, 15) is 4.79 Å². The van der Waals surface area contributed by atoms with E-state index < -0.39 is 0 Å². The number of hydrogen-bond donors (Lipinski definition) is 1. The van der Waals surface area contributed by atoms with Gasteiger partial charge in [0.2, 0.25) is 5.95 Å². The SMILES string of the molecule is Cc1cc(=O)[nH]c(N2CCC3(CC2)OCCO3)n1. The normalized spacial score (nSPS) is 22.6. The van der Waals surface area contributed by atoms with Crippen molar-refractivity contribution in [1.82, 2.24) is 9.97 Å². The number of aromatic nitrogens is 2. The molecule has 2 saturated heterocycles. The zero-order chi connectivity index (χ0) is 12.6. The highest BCUT2D eigenvalue weighted by Gasteiger charge is 2.40. The molecule has 1 aromatic rings. The summed E-state index contributed by atoms with van der Waals surface area (Å²) in [5.41, 5.74) is 0.633. The van der Waals surface area contributed by atoms with Crippen LogP contribution >= 0.6 is 0 Å². The molecule has 0 bridgehead atoms. The molecule has 98 valence electrons. The highest BCUT2D eigenvalue weighted by atomic mass is 16.7. The highest BCUT2D eigenvalue weighted by Crippen LogP contribution is 2.32. The van der Waals surface area contributed by atoms with E-state index in [4.69, 9.17) is 9.47 Å². The summed E-state index contributed by atoms with van der Waals surface area (Å²) in [5.74, 6) is 0.258. The number of rotatable bonds is 1. The fourth-order valence-electron chi connectivity index (χ4n) is 2.56. The molecular weight excluding hydrogens is 234 g/mol. The van der Waals surface area contributed by atoms with Crippen molar-refractivity contribution >= 4 is 5.95 Å². The summed E-state index contributed by atoms with van der Waals surface area (Å²) >= 11 is 0. The summed E-state index contributed by atoms with van der Waals surface area (Å²) in [5, 5.41) is 0. The second-order valence-corrected chi connectivity index (χ2v) is 4.81. The molecule has 2 fully saturated rings. The lowest BCUT2D eigenvalue weighted by molar-refractivity contribution is -0.169. The Morgan fingerprint density at radius 2 is 2.00 bits per heavy atom. The van der Waals surface area contributed by atoms with Crippen LogP contribution in [0.25, 0.3) is 0 Å². The molecule has 2 aliphatic rings. The van der Waals surface area contributed by atoms with Gasteiger partial charge in [-0.25, -0.2) is 4.98 Å². The van der Waals surface area contributed by atoms with E-state index in [1.54, 1.807) is 0 Å². The second kappa shape index (κ2) is 4.37. The quantitative estimate of drug-likeness (QED) is 0.783. The van der Waals surface area contributed by atoms with Crippen molar-refractivity contribution in [3.8, 4) is 0 Å². The molecule has 1 spiro atoms. The molecule has 0 atom stereocenters. The predicted molar refractivity (Wildman–Crippen MR) is 65.7 cm³/mol. The average molecular weight is 251 g/mol. The van der Waals surface area contributed by atoms with Gasteiger partial charge in [-0.15, -0.1) is 0 Å². The zero-order valence-corrected chi connectivity index (χ0v) is 10.4. The van der Waals surface area contributed by atoms with Gasteiger partial charge in [-0.1, -0.05) is 0 Å². The lowest BCUT2D eigenvalue weighted by atomic mass is 10.0. The largest absolute Gasteiger partial charge is 0.347 e. The van der Waals surface area contributed by atoms with Crippen LogP contribution in [-0.2, 0) is 9.47 Å². The molecule has 6 heteroatoms. The van der Waals surface area contributed by atoms with Crippen LogP contribution in [-0.4, -0.2) is 42.1 Å². The molecule has 0 saturated carbocycles. The molecular formula is C12H17N3O3. The van der Waals surface area contributed by atoms with E-state index in [-0.39, 0.29) is 11.3 Å². The molecule has 1 N–H and O–H groups in total. The monoisotopic (exact) mass is 251 g/mol. The molecule has 3 rings (SSSR count). The lowest BCUT2D eigenvalue weighted by Crippen LogP contribution is -2.46. The van der Waals surface area contributed by atoms with Crippen molar-refractivity contribution < 1.29 is 9.47 Å². The summed E-state index contributed by atoms with van der Waals surface area (Å²) in [6, 6.07) is 1.50. The summed E-state index contributed by atoms with van der Waals surface area (Å²) < 4.78 is 11.3. The first-order valence-electron chi connectivity index (χ1n) is 6.28. The third kappa shape index (κ3) is 2.13. The van der Waals surface area contributed by atoms with Crippen LogP contribution in [0.5, 0.6) is 0 Å². The molecule has 0 aliphatic carbocycles. The Morgan fingerprint density at radius 3 is 2.61 bits per heavy atom. The van der Waals surface area contributed by atoms with Crippen LogP contribution in [0, 0.1) is 6.92 Å². The standard InChI is InChI=1S/C12H17N3O3/c1-9-8-10(16)14-11(13-9)15-4-2-12(3-5-15)17-6-7-18-12/h8H,2-7H2,1H3,(H,13,14,16). The Balaban J connectivity index is 1.74. The molecule has 6 nitrogen and oxygen atoms in total. The Bertz CT molecular complexity index is 484. The van der Waals surface area contributed by atoms with E-state index in [1.807, 2.05) is 6.92 Å². The van der Waals surface area contributed by atoms with Crippen LogP contribution in [0.15, 0.2) is 10.9 Å². The van der Waals surface area contributed by atoms with E-state index in [0.29, 0.717) is 19.2 Å². The van der Waals surface area contributed by atoms with Gasteiger partial charge in [-0.05, 0) is 6.92 Å². The Hall–Kier alpha value is -1.40. The molecule has 0 radical (unpaired) electrons. The van der Waals surface area contributed by atoms with E-state index in [1.165, 1.54) is 6.07 Å². The van der Waals surface area contributed by atoms with E-state index >= 15 is 0 Å². The van der Waals surface area contributed by atoms with Crippen LogP contribution in [0.4, 0.5) is 5.95 Å². The number of anilines is 1. The Morgan fingerprint density at radius 1 is 1.33 bits per heavy atom. The summed E-state index contributed by atoms with van der Waals surface area (Å²) in [4.78, 5) is 20.6. The fourth-order valence-corrected chi connectivity index (χ4v) is 2.56. The minimum atomic E-state index is -0.388. The molecule has 1 aromatic heterocycles. The highest BCUT2D eigenvalue weighted by molar-refractivity contribution is 5.31. The van der Waals surface area contributed by atoms with Crippen molar-refractivity contribution in [2.75, 3.05) is 31.2 Å². The lowest BCUT2D eigenvalue weighted by Gasteiger charge is -2.37. The molecule has 3 heterocycles. The maximum Gasteiger partial charge on any atom is 0.252 e. The summed E-state index contributed by atoms with van der Waals surface area (Å²) in [6.45, 7) is 4.76. The number of aryl methyl sites for hydroxylation is 1. The van der Waals surface area contributed by atoms with Crippen LogP contribution < -0.4 is 10.5 Å². The Labute approximate surface area is 105 Å². The van der Waals surface area contributed by atoms with Crippen molar-refractivity contribution in [3.05, 3.63) is 22.1 Å². The molecule has 18 heavy (non-hydrogen) atoms. The van der Waals surface area contributed by atoms with Gasteiger partial charge in [-0.2, -0.15) is 0 Å². The van der Waals surface area contributed by atoms with Gasteiger partial charge in [0.25, 0.3) is 5.56 Å². The van der Waals surface area contributed by atoms with E-state index in [0.717, 1.165) is 31.6 Å². The topological polar surface area (TPSA) is 67.5 Å². The number of ether oxygens (including phenoxy) is 2. The molecule has 0 unspecified atom stereocenters. The maximum atomic E-state index is 11.4. The van der Waals surface area contributed by atoms with Crippen molar-refractivity contribution in [2.24, 2.45) is 0 Å². The van der Waals surface area contributed by atoms with Crippen LogP contribution in [0.3, 0.4) is 0 Å². The van der Waals surface area contributed by atoms with E-state index in [2.05, 4.69) is 14.9 Å². The number of hydrogen-bond acceptors (Lipinski definition) is 5. The van der Waals surface area contributed by atoms with Crippen molar-refractivity contribution in [3.63, 3.8) is 0 Å². The summed E-state index contributed by atoms with van der Waals surface area (Å²) in [6.07, 6.45) is 1.62. The fraction of sp³-hybridized carbons (Fsp3) is 0.667. The number of aromatic amines is 1. The van der Waals surface area contributed by atoms with Gasteiger partial charge in [0.1, 0.15) is 0 Å². The minimum absolute atomic E-state index is 0.105. The first-order chi connectivity index (χ1) is 8.67. The van der Waals surface area contributed by atoms with Gasteiger partial charge in [0.05, 0.1) is 13.2 Å². The number of nitrogens with one attached hydrogen (secondary N) is 1.